The highest BCUT2D eigenvalue weighted by Gasteiger charge is 2.21. The molecular formula is C18H25BrN4. The Balaban J connectivity index is 1.82. The number of aromatic nitrogens is 2. The molecule has 1 aliphatic heterocycles. The van der Waals surface area contributed by atoms with Gasteiger partial charge in [0, 0.05) is 34.9 Å². The predicted octanol–water partition coefficient (Wildman–Crippen LogP) is 3.44. The maximum Gasteiger partial charge on any atom is 0.0649 e. The van der Waals surface area contributed by atoms with Gasteiger partial charge in [0.05, 0.1) is 11.4 Å². The summed E-state index contributed by atoms with van der Waals surface area (Å²) in [5, 5.41) is 8.19. The number of nitrogens with one attached hydrogen (secondary N) is 1. The summed E-state index contributed by atoms with van der Waals surface area (Å²) < 4.78 is 3.16. The first-order valence-corrected chi connectivity index (χ1v) is 9.08. The molecule has 0 amide bonds. The number of hydrogen-bond acceptors (Lipinski definition) is 3. The zero-order valence-electron chi connectivity index (χ0n) is 14.1. The number of likely N-dealkylation sites (tertiary alicyclic amines) is 1. The van der Waals surface area contributed by atoms with Crippen molar-refractivity contribution >= 4 is 15.9 Å². The van der Waals surface area contributed by atoms with Crippen LogP contribution in [0.4, 0.5) is 0 Å². The quantitative estimate of drug-likeness (QED) is 0.886. The number of hydrogen-bond donors (Lipinski definition) is 1. The first-order valence-electron chi connectivity index (χ1n) is 8.29. The van der Waals surface area contributed by atoms with Crippen LogP contribution in [0.2, 0.25) is 0 Å². The minimum Gasteiger partial charge on any atom is -0.316 e. The van der Waals surface area contributed by atoms with E-state index in [9.17, 15) is 0 Å². The highest BCUT2D eigenvalue weighted by atomic mass is 79.9. The minimum absolute atomic E-state index is 0.617. The molecule has 1 aliphatic rings. The zero-order valence-corrected chi connectivity index (χ0v) is 15.7. The van der Waals surface area contributed by atoms with Gasteiger partial charge in [-0.05, 0) is 64.5 Å². The normalized spacial score (nSPS) is 19.2. The van der Waals surface area contributed by atoms with Gasteiger partial charge in [0.15, 0.2) is 0 Å². The Hall–Kier alpha value is -1.17. The highest BCUT2D eigenvalue weighted by molar-refractivity contribution is 9.10. The fraction of sp³-hybridized carbons (Fsp3) is 0.500. The molecule has 0 spiro atoms. The number of rotatable bonds is 4. The summed E-state index contributed by atoms with van der Waals surface area (Å²) in [6.07, 6.45) is 2.55. The summed E-state index contributed by atoms with van der Waals surface area (Å²) in [6, 6.07) is 8.95. The lowest BCUT2D eigenvalue weighted by atomic mass is 10.0. The van der Waals surface area contributed by atoms with Crippen molar-refractivity contribution in [3.05, 3.63) is 45.7 Å². The smallest absolute Gasteiger partial charge is 0.0649 e. The van der Waals surface area contributed by atoms with Crippen LogP contribution >= 0.6 is 15.9 Å². The molecule has 124 valence electrons. The van der Waals surface area contributed by atoms with Crippen LogP contribution in [0.15, 0.2) is 28.7 Å². The molecule has 3 rings (SSSR count). The Kier molecular flexibility index (Phi) is 5.19. The topological polar surface area (TPSA) is 33.1 Å². The third-order valence-electron chi connectivity index (χ3n) is 4.81. The average molecular weight is 377 g/mol. The third kappa shape index (κ3) is 3.67. The van der Waals surface area contributed by atoms with Crippen molar-refractivity contribution in [1.82, 2.24) is 20.0 Å². The molecule has 1 N–H and O–H groups in total. The van der Waals surface area contributed by atoms with E-state index in [1.54, 1.807) is 0 Å². The molecule has 0 bridgehead atoms. The standard InChI is InChI=1S/C18H25BrN4/c1-13-18(12-22-10-4-5-16(11-22)20-3)14(2)23(21-13)17-8-6-15(19)7-9-17/h6-9,16,20H,4-5,10-12H2,1-3H3. The Morgan fingerprint density at radius 1 is 1.26 bits per heavy atom. The van der Waals surface area contributed by atoms with Crippen molar-refractivity contribution < 1.29 is 0 Å². The molecule has 2 heterocycles. The lowest BCUT2D eigenvalue weighted by Crippen LogP contribution is -2.44. The average Bonchev–Trinajstić information content (AvgIpc) is 2.84. The van der Waals surface area contributed by atoms with Crippen LogP contribution in [0.5, 0.6) is 0 Å². The molecular weight excluding hydrogens is 352 g/mol. The van der Waals surface area contributed by atoms with E-state index < -0.39 is 0 Å². The molecule has 1 fully saturated rings. The van der Waals surface area contributed by atoms with E-state index in [4.69, 9.17) is 5.10 Å². The number of piperidine rings is 1. The van der Waals surface area contributed by atoms with Crippen molar-refractivity contribution in [2.75, 3.05) is 20.1 Å². The molecule has 4 nitrogen and oxygen atoms in total. The van der Waals surface area contributed by atoms with Gasteiger partial charge in [-0.3, -0.25) is 4.90 Å². The maximum atomic E-state index is 4.77. The summed E-state index contributed by atoms with van der Waals surface area (Å²) in [5.41, 5.74) is 4.87. The van der Waals surface area contributed by atoms with Gasteiger partial charge in [0.1, 0.15) is 0 Å². The summed E-state index contributed by atoms with van der Waals surface area (Å²) >= 11 is 3.49. The molecule has 1 aromatic carbocycles. The first kappa shape index (κ1) is 16.7. The SMILES string of the molecule is CNC1CCCN(Cc2c(C)nn(-c3ccc(Br)cc3)c2C)C1. The molecule has 1 atom stereocenters. The van der Waals surface area contributed by atoms with Crippen LogP contribution in [0.25, 0.3) is 5.69 Å². The highest BCUT2D eigenvalue weighted by Crippen LogP contribution is 2.22. The van der Waals surface area contributed by atoms with Gasteiger partial charge in [-0.25, -0.2) is 4.68 Å². The van der Waals surface area contributed by atoms with Crippen molar-refractivity contribution in [2.45, 2.75) is 39.3 Å². The summed E-state index contributed by atoms with van der Waals surface area (Å²) in [4.78, 5) is 2.55. The van der Waals surface area contributed by atoms with Crippen LogP contribution in [0.1, 0.15) is 29.8 Å². The van der Waals surface area contributed by atoms with Gasteiger partial charge in [-0.1, -0.05) is 15.9 Å². The molecule has 5 heteroatoms. The van der Waals surface area contributed by atoms with Gasteiger partial charge < -0.3 is 5.32 Å². The van der Waals surface area contributed by atoms with E-state index in [0.717, 1.165) is 28.9 Å². The molecule has 23 heavy (non-hydrogen) atoms. The van der Waals surface area contributed by atoms with E-state index in [-0.39, 0.29) is 0 Å². The van der Waals surface area contributed by atoms with E-state index >= 15 is 0 Å². The molecule has 1 aromatic heterocycles. The lowest BCUT2D eigenvalue weighted by molar-refractivity contribution is 0.187. The van der Waals surface area contributed by atoms with Crippen LogP contribution in [0, 0.1) is 13.8 Å². The molecule has 0 saturated carbocycles. The van der Waals surface area contributed by atoms with E-state index in [1.807, 2.05) is 0 Å². The van der Waals surface area contributed by atoms with Crippen LogP contribution < -0.4 is 5.32 Å². The van der Waals surface area contributed by atoms with E-state index in [2.05, 4.69) is 76.0 Å². The number of aryl methyl sites for hydroxylation is 1. The van der Waals surface area contributed by atoms with Crippen molar-refractivity contribution in [1.29, 1.82) is 0 Å². The van der Waals surface area contributed by atoms with Gasteiger partial charge in [0.2, 0.25) is 0 Å². The Morgan fingerprint density at radius 2 is 2.00 bits per heavy atom. The second-order valence-electron chi connectivity index (χ2n) is 6.40. The number of halogens is 1. The van der Waals surface area contributed by atoms with Crippen molar-refractivity contribution in [3.8, 4) is 5.69 Å². The maximum absolute atomic E-state index is 4.77. The molecule has 0 radical (unpaired) electrons. The molecule has 0 aliphatic carbocycles. The number of likely N-dealkylation sites (N-methyl/N-ethyl adjacent to an activating group) is 1. The summed E-state index contributed by atoms with van der Waals surface area (Å²) in [6.45, 7) is 7.60. The van der Waals surface area contributed by atoms with Gasteiger partial charge in [-0.15, -0.1) is 0 Å². The molecule has 2 aromatic rings. The first-order chi connectivity index (χ1) is 11.1. The van der Waals surface area contributed by atoms with Gasteiger partial charge in [0.25, 0.3) is 0 Å². The van der Waals surface area contributed by atoms with Crippen molar-refractivity contribution in [2.24, 2.45) is 0 Å². The second-order valence-corrected chi connectivity index (χ2v) is 7.32. The monoisotopic (exact) mass is 376 g/mol. The molecule has 1 saturated heterocycles. The number of nitrogens with zero attached hydrogens (tertiary/aromatic N) is 3. The lowest BCUT2D eigenvalue weighted by Gasteiger charge is -2.32. The summed E-state index contributed by atoms with van der Waals surface area (Å²) in [5.74, 6) is 0. The zero-order chi connectivity index (χ0) is 16.4. The van der Waals surface area contributed by atoms with Crippen LogP contribution in [-0.2, 0) is 6.54 Å². The third-order valence-corrected chi connectivity index (χ3v) is 5.34. The minimum atomic E-state index is 0.617. The Labute approximate surface area is 147 Å². The largest absolute Gasteiger partial charge is 0.316 e. The fourth-order valence-electron chi connectivity index (χ4n) is 3.40. The van der Waals surface area contributed by atoms with Gasteiger partial charge >= 0.3 is 0 Å². The van der Waals surface area contributed by atoms with E-state index in [1.165, 1.54) is 30.6 Å². The Bertz CT molecular complexity index is 662. The van der Waals surface area contributed by atoms with Crippen LogP contribution in [-0.4, -0.2) is 40.9 Å². The van der Waals surface area contributed by atoms with Crippen molar-refractivity contribution in [3.63, 3.8) is 0 Å². The summed E-state index contributed by atoms with van der Waals surface area (Å²) in [7, 11) is 2.07. The second kappa shape index (κ2) is 7.16. The predicted molar refractivity (Wildman–Crippen MR) is 98.1 cm³/mol. The fourth-order valence-corrected chi connectivity index (χ4v) is 3.66. The van der Waals surface area contributed by atoms with E-state index in [0.29, 0.717) is 6.04 Å². The number of benzene rings is 1. The van der Waals surface area contributed by atoms with Crippen LogP contribution in [0.3, 0.4) is 0 Å². The molecule has 1 unspecified atom stereocenters. The Morgan fingerprint density at radius 3 is 2.70 bits per heavy atom. The van der Waals surface area contributed by atoms with Gasteiger partial charge in [-0.2, -0.15) is 5.10 Å².